The van der Waals surface area contributed by atoms with Gasteiger partial charge in [-0.15, -0.1) is 10.2 Å². The molecule has 1 amide bonds. The molecule has 2 atom stereocenters. The van der Waals surface area contributed by atoms with Gasteiger partial charge in [-0.1, -0.05) is 11.6 Å². The molecule has 1 aromatic rings. The standard InChI is InChI=1S/C15H22ClN5O3/c1-14(2,3)24-13(22)21-6-7-23-10-8-20(9-15(10,21)17)12-5-4-11(16)18-19-12/h4-5,10H,6-9,17H2,1-3H3/t10-,15-/m1/s1. The van der Waals surface area contributed by atoms with Gasteiger partial charge in [0.15, 0.2) is 11.0 Å². The van der Waals surface area contributed by atoms with Crippen molar-refractivity contribution < 1.29 is 14.3 Å². The lowest BCUT2D eigenvalue weighted by Gasteiger charge is -2.44. The monoisotopic (exact) mass is 355 g/mol. The number of nitrogens with two attached hydrogens (primary N) is 1. The van der Waals surface area contributed by atoms with Crippen molar-refractivity contribution in [1.29, 1.82) is 0 Å². The lowest BCUT2D eigenvalue weighted by Crippen LogP contribution is -2.69. The average Bonchev–Trinajstić information content (AvgIpc) is 2.82. The Morgan fingerprint density at radius 3 is 2.83 bits per heavy atom. The number of amides is 1. The minimum Gasteiger partial charge on any atom is -0.444 e. The average molecular weight is 356 g/mol. The molecule has 0 radical (unpaired) electrons. The fourth-order valence-corrected chi connectivity index (χ4v) is 3.11. The van der Waals surface area contributed by atoms with E-state index in [1.807, 2.05) is 25.7 Å². The second-order valence-electron chi connectivity index (χ2n) is 7.08. The molecule has 2 aliphatic rings. The van der Waals surface area contributed by atoms with Gasteiger partial charge in [-0.3, -0.25) is 4.90 Å². The third kappa shape index (κ3) is 3.26. The zero-order valence-corrected chi connectivity index (χ0v) is 14.8. The van der Waals surface area contributed by atoms with Crippen LogP contribution in [-0.4, -0.2) is 64.8 Å². The molecule has 2 aliphatic heterocycles. The summed E-state index contributed by atoms with van der Waals surface area (Å²) in [4.78, 5) is 16.1. The van der Waals surface area contributed by atoms with Crippen LogP contribution in [-0.2, 0) is 9.47 Å². The fraction of sp³-hybridized carbons (Fsp3) is 0.667. The highest BCUT2D eigenvalue weighted by Gasteiger charge is 2.54. The van der Waals surface area contributed by atoms with Crippen molar-refractivity contribution in [3.8, 4) is 0 Å². The topological polar surface area (TPSA) is 93.8 Å². The predicted molar refractivity (Wildman–Crippen MR) is 88.9 cm³/mol. The SMILES string of the molecule is CC(C)(C)OC(=O)N1CCO[C@@H]2CN(c3ccc(Cl)nn3)C[C@]21N. The van der Waals surface area contributed by atoms with E-state index in [-0.39, 0.29) is 6.10 Å². The number of ether oxygens (including phenoxy) is 2. The van der Waals surface area contributed by atoms with Gasteiger partial charge in [0.25, 0.3) is 0 Å². The van der Waals surface area contributed by atoms with Crippen LogP contribution < -0.4 is 10.6 Å². The first kappa shape index (κ1) is 17.2. The minimum absolute atomic E-state index is 0.323. The Hall–Kier alpha value is -1.64. The summed E-state index contributed by atoms with van der Waals surface area (Å²) in [6.45, 7) is 7.20. The number of anilines is 1. The smallest absolute Gasteiger partial charge is 0.412 e. The maximum atomic E-state index is 12.6. The van der Waals surface area contributed by atoms with E-state index in [2.05, 4.69) is 10.2 Å². The summed E-state index contributed by atoms with van der Waals surface area (Å²) in [7, 11) is 0. The quantitative estimate of drug-likeness (QED) is 0.809. The van der Waals surface area contributed by atoms with Gasteiger partial charge in [0, 0.05) is 13.1 Å². The number of carbonyl (C=O) groups excluding carboxylic acids is 1. The molecule has 3 rings (SSSR count). The molecule has 2 saturated heterocycles. The van der Waals surface area contributed by atoms with Crippen LogP contribution in [0.15, 0.2) is 12.1 Å². The number of nitrogens with zero attached hydrogens (tertiary/aromatic N) is 4. The lowest BCUT2D eigenvalue weighted by molar-refractivity contribution is -0.0991. The van der Waals surface area contributed by atoms with Crippen molar-refractivity contribution in [2.45, 2.75) is 38.1 Å². The van der Waals surface area contributed by atoms with E-state index in [0.717, 1.165) is 0 Å². The number of rotatable bonds is 1. The highest BCUT2D eigenvalue weighted by Crippen LogP contribution is 2.32. The van der Waals surface area contributed by atoms with Gasteiger partial charge in [0.05, 0.1) is 13.2 Å². The number of carbonyl (C=O) groups is 1. The normalized spacial score (nSPS) is 27.1. The Bertz CT molecular complexity index is 621. The number of hydrogen-bond donors (Lipinski definition) is 1. The van der Waals surface area contributed by atoms with E-state index >= 15 is 0 Å². The Morgan fingerprint density at radius 2 is 2.21 bits per heavy atom. The van der Waals surface area contributed by atoms with Gasteiger partial charge in [-0.2, -0.15) is 0 Å². The summed E-state index contributed by atoms with van der Waals surface area (Å²) >= 11 is 5.78. The number of morpholine rings is 1. The molecule has 2 fully saturated rings. The first-order valence-electron chi connectivity index (χ1n) is 7.84. The largest absolute Gasteiger partial charge is 0.444 e. The van der Waals surface area contributed by atoms with E-state index < -0.39 is 17.4 Å². The van der Waals surface area contributed by atoms with E-state index in [1.54, 1.807) is 17.0 Å². The molecular formula is C15H22ClN5O3. The summed E-state index contributed by atoms with van der Waals surface area (Å²) in [5.41, 5.74) is 5.02. The van der Waals surface area contributed by atoms with E-state index in [1.165, 1.54) is 0 Å². The van der Waals surface area contributed by atoms with Crippen molar-refractivity contribution >= 4 is 23.5 Å². The number of fused-ring (bicyclic) bond motifs is 1. The molecule has 0 bridgehead atoms. The summed E-state index contributed by atoms with van der Waals surface area (Å²) in [5.74, 6) is 0.645. The highest BCUT2D eigenvalue weighted by molar-refractivity contribution is 6.29. The van der Waals surface area contributed by atoms with Crippen LogP contribution in [0, 0.1) is 0 Å². The van der Waals surface area contributed by atoms with Crippen LogP contribution in [0.25, 0.3) is 0 Å². The molecule has 132 valence electrons. The zero-order valence-electron chi connectivity index (χ0n) is 14.0. The highest BCUT2D eigenvalue weighted by atomic mass is 35.5. The van der Waals surface area contributed by atoms with Gasteiger partial charge in [0.1, 0.15) is 17.4 Å². The summed E-state index contributed by atoms with van der Waals surface area (Å²) in [6.07, 6.45) is -0.751. The molecule has 1 aromatic heterocycles. The zero-order chi connectivity index (χ0) is 17.5. The Labute approximate surface area is 145 Å². The van der Waals surface area contributed by atoms with Crippen molar-refractivity contribution in [2.24, 2.45) is 5.73 Å². The first-order chi connectivity index (χ1) is 11.2. The maximum Gasteiger partial charge on any atom is 0.412 e. The van der Waals surface area contributed by atoms with Crippen molar-refractivity contribution in [3.05, 3.63) is 17.3 Å². The third-order valence-electron chi connectivity index (χ3n) is 4.08. The fourth-order valence-electron chi connectivity index (χ4n) is 3.01. The van der Waals surface area contributed by atoms with Gasteiger partial charge in [-0.25, -0.2) is 4.79 Å². The molecule has 8 nitrogen and oxygen atoms in total. The third-order valence-corrected chi connectivity index (χ3v) is 4.28. The van der Waals surface area contributed by atoms with Crippen molar-refractivity contribution in [1.82, 2.24) is 15.1 Å². The number of hydrogen-bond acceptors (Lipinski definition) is 7. The van der Waals surface area contributed by atoms with Crippen LogP contribution >= 0.6 is 11.6 Å². The lowest BCUT2D eigenvalue weighted by atomic mass is 10.0. The van der Waals surface area contributed by atoms with E-state index in [0.29, 0.717) is 37.2 Å². The number of halogens is 1. The van der Waals surface area contributed by atoms with E-state index in [4.69, 9.17) is 26.8 Å². The molecule has 9 heteroatoms. The van der Waals surface area contributed by atoms with Gasteiger partial charge in [0.2, 0.25) is 0 Å². The number of aromatic nitrogens is 2. The van der Waals surface area contributed by atoms with Gasteiger partial charge < -0.3 is 20.1 Å². The van der Waals surface area contributed by atoms with Gasteiger partial charge >= 0.3 is 6.09 Å². The van der Waals surface area contributed by atoms with Gasteiger partial charge in [-0.05, 0) is 32.9 Å². The van der Waals surface area contributed by atoms with Crippen LogP contribution in [0.3, 0.4) is 0 Å². The molecule has 0 unspecified atom stereocenters. The summed E-state index contributed by atoms with van der Waals surface area (Å²) in [6, 6.07) is 3.44. The van der Waals surface area contributed by atoms with Crippen LogP contribution in [0.2, 0.25) is 5.15 Å². The molecule has 0 aliphatic carbocycles. The Kier molecular flexibility index (Phi) is 4.31. The second-order valence-corrected chi connectivity index (χ2v) is 7.46. The molecular weight excluding hydrogens is 334 g/mol. The summed E-state index contributed by atoms with van der Waals surface area (Å²) < 4.78 is 11.3. The molecule has 0 saturated carbocycles. The predicted octanol–water partition coefficient (Wildman–Crippen LogP) is 1.24. The maximum absolute atomic E-state index is 12.6. The van der Waals surface area contributed by atoms with Crippen molar-refractivity contribution in [3.63, 3.8) is 0 Å². The van der Waals surface area contributed by atoms with Crippen LogP contribution in [0.1, 0.15) is 20.8 Å². The first-order valence-corrected chi connectivity index (χ1v) is 8.22. The second kappa shape index (κ2) is 6.02. The Balaban J connectivity index is 1.80. The van der Waals surface area contributed by atoms with E-state index in [9.17, 15) is 4.79 Å². The Morgan fingerprint density at radius 1 is 1.46 bits per heavy atom. The molecule has 24 heavy (non-hydrogen) atoms. The molecule has 3 heterocycles. The molecule has 0 spiro atoms. The summed E-state index contributed by atoms with van der Waals surface area (Å²) in [5, 5.41) is 8.25. The minimum atomic E-state index is -0.970. The molecule has 2 N–H and O–H groups in total. The van der Waals surface area contributed by atoms with Crippen LogP contribution in [0.5, 0.6) is 0 Å². The molecule has 0 aromatic carbocycles. The van der Waals surface area contributed by atoms with Crippen molar-refractivity contribution in [2.75, 3.05) is 31.1 Å². The van der Waals surface area contributed by atoms with Crippen LogP contribution in [0.4, 0.5) is 10.6 Å².